The van der Waals surface area contributed by atoms with Gasteiger partial charge in [0.1, 0.15) is 18.3 Å². The number of nitrogens with zero attached hydrogens (tertiary/aromatic N) is 2. The highest BCUT2D eigenvalue weighted by Gasteiger charge is 2.34. The molecule has 2 amide bonds. The molecule has 10 heteroatoms. The number of sulfonamides is 1. The van der Waals surface area contributed by atoms with Crippen molar-refractivity contribution in [2.24, 2.45) is 0 Å². The van der Waals surface area contributed by atoms with Crippen LogP contribution in [0.25, 0.3) is 0 Å². The maximum Gasteiger partial charge on any atom is 0.264 e. The summed E-state index contributed by atoms with van der Waals surface area (Å²) in [6.07, 6.45) is 0.340. The van der Waals surface area contributed by atoms with Gasteiger partial charge in [-0.2, -0.15) is 0 Å². The molecule has 0 aliphatic heterocycles. The van der Waals surface area contributed by atoms with E-state index in [1.807, 2.05) is 13.0 Å². The second-order valence-electron chi connectivity index (χ2n) is 8.95. The van der Waals surface area contributed by atoms with Crippen molar-refractivity contribution in [3.05, 3.63) is 88.9 Å². The quantitative estimate of drug-likeness (QED) is 0.337. The lowest BCUT2D eigenvalue weighted by atomic mass is 10.1. The number of carbonyl (C=O) groups is 2. The number of carbonyl (C=O) groups excluding carboxylic acids is 2. The zero-order valence-electron chi connectivity index (χ0n) is 22.6. The van der Waals surface area contributed by atoms with E-state index in [2.05, 4.69) is 5.32 Å². The number of likely N-dealkylation sites (N-methyl/N-ethyl adjacent to an activating group) is 1. The van der Waals surface area contributed by atoms with Crippen LogP contribution < -0.4 is 14.4 Å². The van der Waals surface area contributed by atoms with Crippen molar-refractivity contribution in [2.45, 2.75) is 44.7 Å². The van der Waals surface area contributed by atoms with Crippen LogP contribution in [0, 0.1) is 6.92 Å². The molecule has 1 atom stereocenters. The third kappa shape index (κ3) is 7.30. The summed E-state index contributed by atoms with van der Waals surface area (Å²) in [6.45, 7) is 5.32. The lowest BCUT2D eigenvalue weighted by molar-refractivity contribution is -0.140. The highest BCUT2D eigenvalue weighted by atomic mass is 35.5. The Balaban J connectivity index is 2.09. The molecule has 3 aromatic carbocycles. The van der Waals surface area contributed by atoms with Gasteiger partial charge in [0, 0.05) is 18.1 Å². The van der Waals surface area contributed by atoms with Gasteiger partial charge in [-0.15, -0.1) is 0 Å². The van der Waals surface area contributed by atoms with Gasteiger partial charge >= 0.3 is 0 Å². The summed E-state index contributed by atoms with van der Waals surface area (Å²) in [5, 5.41) is 3.24. The summed E-state index contributed by atoms with van der Waals surface area (Å²) in [7, 11) is -2.59. The highest BCUT2D eigenvalue weighted by molar-refractivity contribution is 7.92. The predicted octanol–water partition coefficient (Wildman–Crippen LogP) is 4.80. The fourth-order valence-electron chi connectivity index (χ4n) is 4.31. The van der Waals surface area contributed by atoms with E-state index in [-0.39, 0.29) is 17.3 Å². The van der Waals surface area contributed by atoms with Crippen molar-refractivity contribution in [1.82, 2.24) is 10.2 Å². The largest absolute Gasteiger partial charge is 0.497 e. The maximum absolute atomic E-state index is 14.0. The summed E-state index contributed by atoms with van der Waals surface area (Å²) in [5.74, 6) is -0.225. The first-order valence-corrected chi connectivity index (χ1v) is 14.5. The molecule has 3 rings (SSSR count). The normalized spacial score (nSPS) is 11.9. The minimum Gasteiger partial charge on any atom is -0.497 e. The Morgan fingerprint density at radius 3 is 2.33 bits per heavy atom. The number of nitrogens with one attached hydrogen (secondary N) is 1. The molecule has 0 saturated carbocycles. The molecular weight excluding hydrogens is 538 g/mol. The predicted molar refractivity (Wildman–Crippen MR) is 153 cm³/mol. The monoisotopic (exact) mass is 571 g/mol. The topological polar surface area (TPSA) is 96.0 Å². The van der Waals surface area contributed by atoms with Gasteiger partial charge in [-0.1, -0.05) is 48.9 Å². The van der Waals surface area contributed by atoms with Crippen LogP contribution in [0.5, 0.6) is 5.75 Å². The van der Waals surface area contributed by atoms with Crippen LogP contribution in [0.3, 0.4) is 0 Å². The summed E-state index contributed by atoms with van der Waals surface area (Å²) in [6, 6.07) is 19.1. The van der Waals surface area contributed by atoms with E-state index in [0.717, 1.165) is 9.87 Å². The van der Waals surface area contributed by atoms with Gasteiger partial charge in [-0.05, 0) is 73.9 Å². The Labute approximate surface area is 235 Å². The number of halogens is 1. The van der Waals surface area contributed by atoms with E-state index in [0.29, 0.717) is 35.0 Å². The molecule has 0 unspecified atom stereocenters. The average Bonchev–Trinajstić information content (AvgIpc) is 2.92. The van der Waals surface area contributed by atoms with Gasteiger partial charge in [0.05, 0.1) is 17.7 Å². The Morgan fingerprint density at radius 2 is 1.72 bits per heavy atom. The molecule has 0 heterocycles. The number of anilines is 1. The van der Waals surface area contributed by atoms with Crippen LogP contribution in [0.2, 0.25) is 5.02 Å². The minimum atomic E-state index is -4.14. The Hall–Kier alpha value is -3.56. The van der Waals surface area contributed by atoms with Crippen molar-refractivity contribution in [3.63, 3.8) is 0 Å². The van der Waals surface area contributed by atoms with Gasteiger partial charge in [0.15, 0.2) is 0 Å². The summed E-state index contributed by atoms with van der Waals surface area (Å²) < 4.78 is 34.2. The van der Waals surface area contributed by atoms with Crippen LogP contribution in [0.15, 0.2) is 77.7 Å². The Bertz CT molecular complexity index is 1400. The van der Waals surface area contributed by atoms with Gasteiger partial charge in [-0.25, -0.2) is 8.42 Å². The zero-order valence-corrected chi connectivity index (χ0v) is 24.1. The molecule has 39 heavy (non-hydrogen) atoms. The van der Waals surface area contributed by atoms with Crippen molar-refractivity contribution in [1.29, 1.82) is 0 Å². The van der Waals surface area contributed by atoms with Gasteiger partial charge in [0.25, 0.3) is 10.0 Å². The zero-order chi connectivity index (χ0) is 28.6. The summed E-state index contributed by atoms with van der Waals surface area (Å²) in [5.41, 5.74) is 1.65. The van der Waals surface area contributed by atoms with Crippen LogP contribution in [-0.2, 0) is 26.2 Å². The molecule has 0 saturated heterocycles. The van der Waals surface area contributed by atoms with Gasteiger partial charge < -0.3 is 15.0 Å². The molecule has 0 radical (unpaired) electrons. The van der Waals surface area contributed by atoms with E-state index in [4.69, 9.17) is 16.3 Å². The number of hydrogen-bond donors (Lipinski definition) is 1. The molecule has 0 aliphatic carbocycles. The van der Waals surface area contributed by atoms with Gasteiger partial charge in [-0.3, -0.25) is 13.9 Å². The molecule has 0 fully saturated rings. The first kappa shape index (κ1) is 30.0. The first-order valence-electron chi connectivity index (χ1n) is 12.7. The summed E-state index contributed by atoms with van der Waals surface area (Å²) >= 11 is 6.15. The number of hydrogen-bond acceptors (Lipinski definition) is 5. The SMILES string of the molecule is CCNC(=O)[C@H](CC)N(Cc1cccc(OC)c1)C(=O)CN(c1ccc(Cl)cc1C)S(=O)(=O)c1ccccc1. The smallest absolute Gasteiger partial charge is 0.264 e. The molecule has 3 aromatic rings. The standard InChI is InChI=1S/C29H34ClN3O5S/c1-5-26(29(35)31-6-2)32(19-22-11-10-12-24(18-22)38-4)28(34)20-33(27-16-15-23(30)17-21(27)3)39(36,37)25-13-8-7-9-14-25/h7-18,26H,5-6,19-20H2,1-4H3,(H,31,35)/t26-/m0/s1. The highest BCUT2D eigenvalue weighted by Crippen LogP contribution is 2.29. The van der Waals surface area contributed by atoms with Crippen molar-refractivity contribution >= 4 is 39.1 Å². The molecule has 0 bridgehead atoms. The van der Waals surface area contributed by atoms with Crippen LogP contribution in [0.4, 0.5) is 5.69 Å². The molecule has 8 nitrogen and oxygen atoms in total. The van der Waals surface area contributed by atoms with Crippen LogP contribution >= 0.6 is 11.6 Å². The van der Waals surface area contributed by atoms with Crippen molar-refractivity contribution in [2.75, 3.05) is 24.5 Å². The van der Waals surface area contributed by atoms with Crippen LogP contribution in [-0.4, -0.2) is 51.4 Å². The lowest BCUT2D eigenvalue weighted by Gasteiger charge is -2.33. The third-order valence-electron chi connectivity index (χ3n) is 6.26. The molecular formula is C29H34ClN3O5S. The number of ether oxygens (including phenoxy) is 1. The second kappa shape index (κ2) is 13.5. The van der Waals surface area contributed by atoms with Crippen LogP contribution in [0.1, 0.15) is 31.4 Å². The number of rotatable bonds is 12. The molecule has 0 spiro atoms. The fourth-order valence-corrected chi connectivity index (χ4v) is 6.04. The third-order valence-corrected chi connectivity index (χ3v) is 8.27. The molecule has 0 aliphatic rings. The maximum atomic E-state index is 14.0. The summed E-state index contributed by atoms with van der Waals surface area (Å²) in [4.78, 5) is 28.5. The minimum absolute atomic E-state index is 0.0438. The number of amides is 2. The number of benzene rings is 3. The lowest BCUT2D eigenvalue weighted by Crippen LogP contribution is -2.52. The molecule has 208 valence electrons. The first-order chi connectivity index (χ1) is 18.6. The number of aryl methyl sites for hydroxylation is 1. The number of methoxy groups -OCH3 is 1. The van der Waals surface area contributed by atoms with E-state index >= 15 is 0 Å². The Morgan fingerprint density at radius 1 is 1.00 bits per heavy atom. The van der Waals surface area contributed by atoms with Crippen molar-refractivity contribution in [3.8, 4) is 5.75 Å². The van der Waals surface area contributed by atoms with E-state index < -0.39 is 28.5 Å². The second-order valence-corrected chi connectivity index (χ2v) is 11.2. The molecule has 0 aromatic heterocycles. The van der Waals surface area contributed by atoms with E-state index in [9.17, 15) is 18.0 Å². The molecule has 1 N–H and O–H groups in total. The Kier molecular flexibility index (Phi) is 10.4. The van der Waals surface area contributed by atoms with Gasteiger partial charge in [0.2, 0.25) is 11.8 Å². The fraction of sp³-hybridized carbons (Fsp3) is 0.310. The van der Waals surface area contributed by atoms with Crippen molar-refractivity contribution < 1.29 is 22.7 Å². The van der Waals surface area contributed by atoms with E-state index in [1.54, 1.807) is 75.6 Å². The average molecular weight is 572 g/mol. The van der Waals surface area contributed by atoms with E-state index in [1.165, 1.54) is 17.0 Å².